The van der Waals surface area contributed by atoms with E-state index in [-0.39, 0.29) is 6.10 Å². The van der Waals surface area contributed by atoms with Crippen LogP contribution in [0.1, 0.15) is 31.2 Å². The molecule has 4 nitrogen and oxygen atoms in total. The van der Waals surface area contributed by atoms with Crippen LogP contribution >= 0.6 is 11.6 Å². The summed E-state index contributed by atoms with van der Waals surface area (Å²) in [7, 11) is 0. The van der Waals surface area contributed by atoms with Gasteiger partial charge in [-0.3, -0.25) is 4.90 Å². The van der Waals surface area contributed by atoms with Gasteiger partial charge in [0.1, 0.15) is 12.4 Å². The van der Waals surface area contributed by atoms with E-state index >= 15 is 0 Å². The van der Waals surface area contributed by atoms with Crippen molar-refractivity contribution in [2.75, 3.05) is 32.9 Å². The predicted molar refractivity (Wildman–Crippen MR) is 91.0 cm³/mol. The van der Waals surface area contributed by atoms with Gasteiger partial charge in [-0.2, -0.15) is 0 Å². The molecule has 0 radical (unpaired) electrons. The molecule has 2 aliphatic heterocycles. The number of rotatable bonds is 6. The van der Waals surface area contributed by atoms with Gasteiger partial charge in [-0.05, 0) is 62.9 Å². The van der Waals surface area contributed by atoms with Crippen molar-refractivity contribution < 1.29 is 14.6 Å². The number of hydrogen-bond acceptors (Lipinski definition) is 4. The maximum Gasteiger partial charge on any atom is 0.124 e. The minimum Gasteiger partial charge on any atom is -0.491 e. The second kappa shape index (κ2) is 8.34. The third-order valence-corrected chi connectivity index (χ3v) is 5.07. The lowest BCUT2D eigenvalue weighted by Gasteiger charge is -2.31. The number of benzene rings is 1. The molecule has 0 saturated carbocycles. The molecule has 0 spiro atoms. The van der Waals surface area contributed by atoms with Crippen LogP contribution in [-0.2, 0) is 11.3 Å². The molecule has 0 aromatic heterocycles. The molecule has 128 valence electrons. The largest absolute Gasteiger partial charge is 0.491 e. The van der Waals surface area contributed by atoms with Gasteiger partial charge in [0.05, 0.1) is 6.10 Å². The number of hydrogen-bond donors (Lipinski definition) is 1. The number of ether oxygens (including phenoxy) is 2. The highest BCUT2D eigenvalue weighted by Crippen LogP contribution is 2.27. The van der Waals surface area contributed by atoms with Crippen LogP contribution in [0.15, 0.2) is 18.2 Å². The first-order chi connectivity index (χ1) is 11.2. The summed E-state index contributed by atoms with van der Waals surface area (Å²) in [6, 6.07) is 5.85. The minimum absolute atomic E-state index is 0.221. The molecule has 0 amide bonds. The molecule has 2 fully saturated rings. The van der Waals surface area contributed by atoms with E-state index in [1.165, 1.54) is 0 Å². The molecule has 3 rings (SSSR count). The molecule has 1 N–H and O–H groups in total. The number of aliphatic hydroxyl groups excluding tert-OH is 1. The molecule has 2 heterocycles. The second-order valence-electron chi connectivity index (χ2n) is 6.60. The Morgan fingerprint density at radius 1 is 1.26 bits per heavy atom. The molecule has 0 aliphatic carbocycles. The van der Waals surface area contributed by atoms with E-state index in [1.54, 1.807) is 0 Å². The maximum absolute atomic E-state index is 9.25. The summed E-state index contributed by atoms with van der Waals surface area (Å²) in [4.78, 5) is 2.41. The van der Waals surface area contributed by atoms with Gasteiger partial charge in [-0.15, -0.1) is 0 Å². The number of likely N-dealkylation sites (tertiary alicyclic amines) is 1. The molecule has 5 heteroatoms. The van der Waals surface area contributed by atoms with Crippen LogP contribution in [0.5, 0.6) is 5.75 Å². The van der Waals surface area contributed by atoms with E-state index in [4.69, 9.17) is 21.1 Å². The number of piperidine rings is 1. The zero-order valence-electron chi connectivity index (χ0n) is 13.5. The van der Waals surface area contributed by atoms with Gasteiger partial charge in [0.2, 0.25) is 0 Å². The molecule has 2 aliphatic rings. The third kappa shape index (κ3) is 4.83. The fraction of sp³-hybridized carbons (Fsp3) is 0.667. The van der Waals surface area contributed by atoms with E-state index in [1.807, 2.05) is 18.2 Å². The normalized spacial score (nSPS) is 23.3. The number of halogens is 1. The highest BCUT2D eigenvalue weighted by molar-refractivity contribution is 6.30. The Kier molecular flexibility index (Phi) is 6.17. The first-order valence-corrected chi connectivity index (χ1v) is 8.98. The molecular formula is C18H26ClNO3. The average Bonchev–Trinajstić information content (AvgIpc) is 3.08. The van der Waals surface area contributed by atoms with Crippen molar-refractivity contribution in [1.29, 1.82) is 0 Å². The molecule has 1 aromatic rings. The lowest BCUT2D eigenvalue weighted by atomic mass is 9.97. The van der Waals surface area contributed by atoms with E-state index in [9.17, 15) is 5.11 Å². The maximum atomic E-state index is 9.25. The lowest BCUT2D eigenvalue weighted by molar-refractivity contribution is 0.0669. The monoisotopic (exact) mass is 339 g/mol. The molecular weight excluding hydrogens is 314 g/mol. The Morgan fingerprint density at radius 3 is 2.78 bits per heavy atom. The van der Waals surface area contributed by atoms with Gasteiger partial charge in [0.25, 0.3) is 0 Å². The summed E-state index contributed by atoms with van der Waals surface area (Å²) < 4.78 is 11.6. The van der Waals surface area contributed by atoms with Crippen LogP contribution in [0.4, 0.5) is 0 Å². The van der Waals surface area contributed by atoms with E-state index < -0.39 is 0 Å². The van der Waals surface area contributed by atoms with Crippen molar-refractivity contribution >= 4 is 11.6 Å². The average molecular weight is 340 g/mol. The van der Waals surface area contributed by atoms with Crippen molar-refractivity contribution in [3.8, 4) is 5.75 Å². The van der Waals surface area contributed by atoms with Crippen LogP contribution in [0.3, 0.4) is 0 Å². The standard InChI is InChI=1S/C18H26ClNO3/c19-16-3-4-18(23-13-17-2-1-9-22-17)15(10-16)11-20-7-5-14(12-21)6-8-20/h3-4,10,14,17,21H,1-2,5-9,11-13H2. The van der Waals surface area contributed by atoms with Crippen molar-refractivity contribution in [3.63, 3.8) is 0 Å². The van der Waals surface area contributed by atoms with Crippen LogP contribution in [-0.4, -0.2) is 49.0 Å². The predicted octanol–water partition coefficient (Wildman–Crippen LogP) is 3.10. The Balaban J connectivity index is 1.59. The van der Waals surface area contributed by atoms with Gasteiger partial charge in [0, 0.05) is 30.3 Å². The Bertz CT molecular complexity index is 497. The van der Waals surface area contributed by atoms with Crippen LogP contribution in [0, 0.1) is 5.92 Å². The first-order valence-electron chi connectivity index (χ1n) is 8.60. The third-order valence-electron chi connectivity index (χ3n) is 4.83. The lowest BCUT2D eigenvalue weighted by Crippen LogP contribution is -2.34. The zero-order chi connectivity index (χ0) is 16.1. The number of aliphatic hydroxyl groups is 1. The van der Waals surface area contributed by atoms with Gasteiger partial charge in [-0.25, -0.2) is 0 Å². The van der Waals surface area contributed by atoms with Crippen LogP contribution in [0.25, 0.3) is 0 Å². The SMILES string of the molecule is OCC1CCN(Cc2cc(Cl)ccc2OCC2CCCO2)CC1. The number of nitrogens with zero attached hydrogens (tertiary/aromatic N) is 1. The molecule has 1 unspecified atom stereocenters. The van der Waals surface area contributed by atoms with Crippen molar-refractivity contribution in [3.05, 3.63) is 28.8 Å². The molecule has 1 aromatic carbocycles. The summed E-state index contributed by atoms with van der Waals surface area (Å²) >= 11 is 6.18. The Hall–Kier alpha value is -0.810. The topological polar surface area (TPSA) is 41.9 Å². The Labute approximate surface area is 143 Å². The molecule has 2 saturated heterocycles. The second-order valence-corrected chi connectivity index (χ2v) is 7.04. The highest BCUT2D eigenvalue weighted by atomic mass is 35.5. The summed E-state index contributed by atoms with van der Waals surface area (Å²) in [6.45, 7) is 4.65. The molecule has 1 atom stereocenters. The van der Waals surface area contributed by atoms with Gasteiger partial charge < -0.3 is 14.6 Å². The highest BCUT2D eigenvalue weighted by Gasteiger charge is 2.21. The van der Waals surface area contributed by atoms with E-state index in [0.717, 1.165) is 68.3 Å². The van der Waals surface area contributed by atoms with Crippen molar-refractivity contribution in [1.82, 2.24) is 4.90 Å². The zero-order valence-corrected chi connectivity index (χ0v) is 14.3. The summed E-state index contributed by atoms with van der Waals surface area (Å²) in [6.07, 6.45) is 4.55. The van der Waals surface area contributed by atoms with Crippen molar-refractivity contribution in [2.24, 2.45) is 5.92 Å². The summed E-state index contributed by atoms with van der Waals surface area (Å²) in [5, 5.41) is 10.00. The fourth-order valence-electron chi connectivity index (χ4n) is 3.34. The molecule has 23 heavy (non-hydrogen) atoms. The van der Waals surface area contributed by atoms with Gasteiger partial charge in [0.15, 0.2) is 0 Å². The van der Waals surface area contributed by atoms with Crippen LogP contribution in [0.2, 0.25) is 5.02 Å². The summed E-state index contributed by atoms with van der Waals surface area (Å²) in [5.74, 6) is 1.37. The van der Waals surface area contributed by atoms with Crippen molar-refractivity contribution in [2.45, 2.75) is 38.3 Å². The quantitative estimate of drug-likeness (QED) is 0.864. The van der Waals surface area contributed by atoms with E-state index in [0.29, 0.717) is 19.1 Å². The summed E-state index contributed by atoms with van der Waals surface area (Å²) in [5.41, 5.74) is 1.14. The van der Waals surface area contributed by atoms with Gasteiger partial charge >= 0.3 is 0 Å². The smallest absolute Gasteiger partial charge is 0.124 e. The minimum atomic E-state index is 0.221. The van der Waals surface area contributed by atoms with E-state index in [2.05, 4.69) is 4.90 Å². The van der Waals surface area contributed by atoms with Gasteiger partial charge in [-0.1, -0.05) is 11.6 Å². The Morgan fingerprint density at radius 2 is 2.09 bits per heavy atom. The first kappa shape index (κ1) is 17.0. The van der Waals surface area contributed by atoms with Crippen LogP contribution < -0.4 is 4.74 Å². The fourth-order valence-corrected chi connectivity index (χ4v) is 3.53. The molecule has 0 bridgehead atoms.